The van der Waals surface area contributed by atoms with Crippen LogP contribution in [0.25, 0.3) is 0 Å². The number of hydrogen-bond donors (Lipinski definition) is 2. The summed E-state index contributed by atoms with van der Waals surface area (Å²) < 4.78 is 0. The first-order valence-corrected chi connectivity index (χ1v) is 6.58. The minimum atomic E-state index is 0.188. The zero-order chi connectivity index (χ0) is 12.8. The molecule has 0 aliphatic heterocycles. The van der Waals surface area contributed by atoms with Crippen LogP contribution >= 0.6 is 0 Å². The van der Waals surface area contributed by atoms with Crippen LogP contribution in [0.2, 0.25) is 0 Å². The normalized spacial score (nSPS) is 14.5. The second-order valence-electron chi connectivity index (χ2n) is 4.97. The van der Waals surface area contributed by atoms with Crippen LogP contribution < -0.4 is 0 Å². The van der Waals surface area contributed by atoms with E-state index in [1.165, 1.54) is 19.3 Å². The Morgan fingerprint density at radius 1 is 1.06 bits per heavy atom. The van der Waals surface area contributed by atoms with Gasteiger partial charge in [0.1, 0.15) is 11.5 Å². The van der Waals surface area contributed by atoms with Crippen molar-refractivity contribution >= 4 is 0 Å². The molecule has 1 aromatic rings. The predicted molar refractivity (Wildman–Crippen MR) is 71.5 cm³/mol. The summed E-state index contributed by atoms with van der Waals surface area (Å²) in [5, 5.41) is 19.6. The standard InChI is InChI=1S/C15H24O2/c1-4-5-6-8-11(2)12(3)15-13(16)9-7-10-14(15)17/h7,9-12,16-17H,4-6,8H2,1-3H3. The number of phenols is 2. The summed E-state index contributed by atoms with van der Waals surface area (Å²) >= 11 is 0. The van der Waals surface area contributed by atoms with Gasteiger partial charge in [-0.1, -0.05) is 52.5 Å². The molecule has 0 spiro atoms. The highest BCUT2D eigenvalue weighted by Crippen LogP contribution is 2.38. The largest absolute Gasteiger partial charge is 0.508 e. The maximum atomic E-state index is 9.82. The number of aromatic hydroxyl groups is 2. The Morgan fingerprint density at radius 3 is 2.18 bits per heavy atom. The molecule has 2 unspecified atom stereocenters. The second kappa shape index (κ2) is 6.53. The van der Waals surface area contributed by atoms with Gasteiger partial charge >= 0.3 is 0 Å². The predicted octanol–water partition coefficient (Wildman–Crippen LogP) is 4.42. The van der Waals surface area contributed by atoms with Gasteiger partial charge in [-0.3, -0.25) is 0 Å². The molecule has 2 heteroatoms. The fourth-order valence-electron chi connectivity index (χ4n) is 2.26. The van der Waals surface area contributed by atoms with Crippen molar-refractivity contribution < 1.29 is 10.2 Å². The van der Waals surface area contributed by atoms with Crippen LogP contribution in [-0.4, -0.2) is 10.2 Å². The van der Waals surface area contributed by atoms with Crippen molar-refractivity contribution in [3.8, 4) is 11.5 Å². The number of phenolic OH excluding ortho intramolecular Hbond substituents is 2. The third-order valence-electron chi connectivity index (χ3n) is 3.63. The maximum absolute atomic E-state index is 9.82. The molecule has 2 nitrogen and oxygen atoms in total. The molecule has 0 bridgehead atoms. The summed E-state index contributed by atoms with van der Waals surface area (Å²) in [6, 6.07) is 4.96. The molecule has 0 saturated carbocycles. The van der Waals surface area contributed by atoms with E-state index in [2.05, 4.69) is 20.8 Å². The second-order valence-corrected chi connectivity index (χ2v) is 4.97. The third-order valence-corrected chi connectivity index (χ3v) is 3.63. The van der Waals surface area contributed by atoms with E-state index < -0.39 is 0 Å². The summed E-state index contributed by atoms with van der Waals surface area (Å²) in [6.07, 6.45) is 4.84. The fourth-order valence-corrected chi connectivity index (χ4v) is 2.26. The van der Waals surface area contributed by atoms with E-state index in [9.17, 15) is 10.2 Å². The van der Waals surface area contributed by atoms with Crippen molar-refractivity contribution in [1.29, 1.82) is 0 Å². The Morgan fingerprint density at radius 2 is 1.65 bits per heavy atom. The van der Waals surface area contributed by atoms with Gasteiger partial charge in [0.2, 0.25) is 0 Å². The molecule has 0 fully saturated rings. The lowest BCUT2D eigenvalue weighted by Crippen LogP contribution is -2.07. The van der Waals surface area contributed by atoms with Gasteiger partial charge in [-0.25, -0.2) is 0 Å². The van der Waals surface area contributed by atoms with E-state index in [0.29, 0.717) is 11.5 Å². The van der Waals surface area contributed by atoms with Crippen LogP contribution in [0.15, 0.2) is 18.2 Å². The quantitative estimate of drug-likeness (QED) is 0.718. The van der Waals surface area contributed by atoms with Crippen molar-refractivity contribution in [2.45, 2.75) is 52.4 Å². The van der Waals surface area contributed by atoms with Crippen LogP contribution in [0, 0.1) is 5.92 Å². The molecular formula is C15H24O2. The van der Waals surface area contributed by atoms with E-state index in [1.54, 1.807) is 18.2 Å². The molecular weight excluding hydrogens is 212 g/mol. The Balaban J connectivity index is 2.71. The van der Waals surface area contributed by atoms with Crippen molar-refractivity contribution in [3.63, 3.8) is 0 Å². The van der Waals surface area contributed by atoms with Crippen molar-refractivity contribution in [2.75, 3.05) is 0 Å². The van der Waals surface area contributed by atoms with E-state index in [1.807, 2.05) is 0 Å². The minimum Gasteiger partial charge on any atom is -0.508 e. The van der Waals surface area contributed by atoms with E-state index >= 15 is 0 Å². The molecule has 0 radical (unpaired) electrons. The number of unbranched alkanes of at least 4 members (excludes halogenated alkanes) is 2. The zero-order valence-electron chi connectivity index (χ0n) is 11.1. The number of benzene rings is 1. The summed E-state index contributed by atoms with van der Waals surface area (Å²) in [4.78, 5) is 0. The maximum Gasteiger partial charge on any atom is 0.122 e. The average Bonchev–Trinajstić information content (AvgIpc) is 2.28. The van der Waals surface area contributed by atoms with Crippen LogP contribution in [-0.2, 0) is 0 Å². The molecule has 0 amide bonds. The highest BCUT2D eigenvalue weighted by molar-refractivity contribution is 5.45. The molecule has 0 saturated heterocycles. The summed E-state index contributed by atoms with van der Waals surface area (Å²) in [5.74, 6) is 1.08. The van der Waals surface area contributed by atoms with Crippen molar-refractivity contribution in [1.82, 2.24) is 0 Å². The zero-order valence-corrected chi connectivity index (χ0v) is 11.1. The van der Waals surface area contributed by atoms with E-state index in [4.69, 9.17) is 0 Å². The molecule has 1 rings (SSSR count). The highest BCUT2D eigenvalue weighted by atomic mass is 16.3. The Labute approximate surface area is 104 Å². The molecule has 17 heavy (non-hydrogen) atoms. The molecule has 0 aromatic heterocycles. The lowest BCUT2D eigenvalue weighted by atomic mass is 9.84. The molecule has 0 aliphatic rings. The lowest BCUT2D eigenvalue weighted by molar-refractivity contribution is 0.385. The minimum absolute atomic E-state index is 0.188. The Bertz CT molecular complexity index is 327. The highest BCUT2D eigenvalue weighted by Gasteiger charge is 2.20. The van der Waals surface area contributed by atoms with Crippen LogP contribution in [0.5, 0.6) is 11.5 Å². The molecule has 2 atom stereocenters. The molecule has 96 valence electrons. The van der Waals surface area contributed by atoms with E-state index in [0.717, 1.165) is 6.42 Å². The van der Waals surface area contributed by atoms with Crippen LogP contribution in [0.1, 0.15) is 57.9 Å². The van der Waals surface area contributed by atoms with Gasteiger partial charge in [0.15, 0.2) is 0 Å². The third kappa shape index (κ3) is 3.65. The topological polar surface area (TPSA) is 40.5 Å². The first-order chi connectivity index (χ1) is 8.07. The lowest BCUT2D eigenvalue weighted by Gasteiger charge is -2.22. The van der Waals surface area contributed by atoms with Crippen molar-refractivity contribution in [3.05, 3.63) is 23.8 Å². The van der Waals surface area contributed by atoms with Crippen LogP contribution in [0.4, 0.5) is 0 Å². The summed E-state index contributed by atoms with van der Waals surface area (Å²) in [7, 11) is 0. The first-order valence-electron chi connectivity index (χ1n) is 6.58. The van der Waals surface area contributed by atoms with E-state index in [-0.39, 0.29) is 17.4 Å². The first kappa shape index (κ1) is 13.9. The molecule has 1 aromatic carbocycles. The van der Waals surface area contributed by atoms with Gasteiger partial charge in [0.05, 0.1) is 0 Å². The van der Waals surface area contributed by atoms with Crippen molar-refractivity contribution in [2.24, 2.45) is 5.92 Å². The van der Waals surface area contributed by atoms with Gasteiger partial charge in [-0.15, -0.1) is 0 Å². The van der Waals surface area contributed by atoms with Gasteiger partial charge in [0.25, 0.3) is 0 Å². The summed E-state index contributed by atoms with van der Waals surface area (Å²) in [5.41, 5.74) is 0.691. The van der Waals surface area contributed by atoms with Gasteiger partial charge in [-0.2, -0.15) is 0 Å². The number of rotatable bonds is 6. The summed E-state index contributed by atoms with van der Waals surface area (Å²) in [6.45, 7) is 6.46. The Hall–Kier alpha value is -1.18. The van der Waals surface area contributed by atoms with Gasteiger partial charge in [-0.05, 0) is 24.0 Å². The monoisotopic (exact) mass is 236 g/mol. The fraction of sp³-hybridized carbons (Fsp3) is 0.600. The smallest absolute Gasteiger partial charge is 0.122 e. The Kier molecular flexibility index (Phi) is 5.33. The molecule has 0 aliphatic carbocycles. The van der Waals surface area contributed by atoms with Gasteiger partial charge < -0.3 is 10.2 Å². The van der Waals surface area contributed by atoms with Crippen LogP contribution in [0.3, 0.4) is 0 Å². The van der Waals surface area contributed by atoms with Gasteiger partial charge in [0, 0.05) is 5.56 Å². The molecule has 2 N–H and O–H groups in total. The average molecular weight is 236 g/mol. The number of hydrogen-bond acceptors (Lipinski definition) is 2. The SMILES string of the molecule is CCCCCC(C)C(C)c1c(O)cccc1O. The molecule has 0 heterocycles.